The molecule has 0 fully saturated rings. The Morgan fingerprint density at radius 2 is 0.600 bits per heavy atom. The molecule has 0 spiro atoms. The minimum atomic E-state index is -0.792. The Hall–Kier alpha value is -3.67. The number of hydrogen-bond donors (Lipinski definition) is 0. The van der Waals surface area contributed by atoms with E-state index < -0.39 is 6.10 Å². The van der Waals surface area contributed by atoms with Crippen LogP contribution in [0.2, 0.25) is 0 Å². The molecule has 70 heavy (non-hydrogen) atoms. The van der Waals surface area contributed by atoms with Gasteiger partial charge in [0.2, 0.25) is 0 Å². The number of carbonyl (C=O) groups excluding carboxylic acids is 3. The van der Waals surface area contributed by atoms with Crippen LogP contribution in [0.3, 0.4) is 0 Å². The minimum absolute atomic E-state index is 0.0892. The Bertz CT molecular complexity index is 1400. The van der Waals surface area contributed by atoms with Gasteiger partial charge in [-0.25, -0.2) is 0 Å². The molecule has 0 aliphatic carbocycles. The molecular weight excluding hydrogens is 865 g/mol. The molecular formula is C64H108O6. The van der Waals surface area contributed by atoms with Gasteiger partial charge in [-0.1, -0.05) is 240 Å². The third kappa shape index (κ3) is 55.3. The van der Waals surface area contributed by atoms with E-state index in [1.807, 2.05) is 0 Å². The van der Waals surface area contributed by atoms with Gasteiger partial charge in [0.25, 0.3) is 0 Å². The maximum Gasteiger partial charge on any atom is 0.306 e. The SMILES string of the molecule is CC/C=C\C/C=C\C/C=C\CCCCCCCCCCCC(=O)OCC(COC(=O)CCCCCC/C=C\C/C=C\C/C=C\CC)OC(=O)CCCCCCCCCCCC/C=C\C=C/CCCCC. The summed E-state index contributed by atoms with van der Waals surface area (Å²) in [5, 5.41) is 0. The smallest absolute Gasteiger partial charge is 0.306 e. The Balaban J connectivity index is 4.40. The van der Waals surface area contributed by atoms with Crippen molar-refractivity contribution in [1.29, 1.82) is 0 Å². The molecule has 0 aromatic rings. The van der Waals surface area contributed by atoms with Gasteiger partial charge in [-0.3, -0.25) is 14.4 Å². The van der Waals surface area contributed by atoms with Crippen LogP contribution >= 0.6 is 0 Å². The Kier molecular flexibility index (Phi) is 54.9. The predicted octanol–water partition coefficient (Wildman–Crippen LogP) is 19.7. The van der Waals surface area contributed by atoms with Gasteiger partial charge in [0, 0.05) is 19.3 Å². The molecule has 0 aromatic heterocycles. The first-order valence-corrected chi connectivity index (χ1v) is 29.3. The maximum absolute atomic E-state index is 12.9. The first kappa shape index (κ1) is 66.3. The van der Waals surface area contributed by atoms with Gasteiger partial charge in [-0.2, -0.15) is 0 Å². The first-order valence-electron chi connectivity index (χ1n) is 29.3. The lowest BCUT2D eigenvalue weighted by Crippen LogP contribution is -2.30. The van der Waals surface area contributed by atoms with Crippen LogP contribution in [-0.4, -0.2) is 37.2 Å². The van der Waals surface area contributed by atoms with E-state index >= 15 is 0 Å². The number of allylic oxidation sites excluding steroid dienone is 16. The number of unbranched alkanes of at least 4 members (excludes halogenated alkanes) is 26. The fourth-order valence-corrected chi connectivity index (χ4v) is 7.99. The van der Waals surface area contributed by atoms with E-state index in [0.717, 1.165) is 109 Å². The summed E-state index contributed by atoms with van der Waals surface area (Å²) in [5.74, 6) is -0.916. The molecule has 0 aliphatic heterocycles. The third-order valence-corrected chi connectivity index (χ3v) is 12.3. The second-order valence-corrected chi connectivity index (χ2v) is 19.2. The summed E-state index contributed by atoms with van der Waals surface area (Å²) in [6.07, 6.45) is 76.8. The van der Waals surface area contributed by atoms with Gasteiger partial charge in [0.15, 0.2) is 6.10 Å². The maximum atomic E-state index is 12.9. The van der Waals surface area contributed by atoms with Gasteiger partial charge >= 0.3 is 17.9 Å². The number of ether oxygens (including phenoxy) is 3. The predicted molar refractivity (Wildman–Crippen MR) is 302 cm³/mol. The second kappa shape index (κ2) is 57.9. The standard InChI is InChI=1S/C64H108O6/c1-4-7-10-13-16-19-22-25-28-30-32-34-36-39-42-45-48-51-54-57-63(66)69-60-61(59-68-62(65)56-53-50-47-44-41-38-27-24-21-18-15-12-9-6-3)70-64(67)58-55-52-49-46-43-40-37-35-33-31-29-26-23-20-17-14-11-8-5-2/h7,9-10,12,16-21,23,25-28,38,61H,4-6,8,11,13-15,22,24,29-37,39-60H2,1-3H3/b10-7-,12-9-,19-16-,20-17-,21-18-,26-23-,28-25-,38-27-. The van der Waals surface area contributed by atoms with Crippen LogP contribution in [0.4, 0.5) is 0 Å². The molecule has 0 radical (unpaired) electrons. The lowest BCUT2D eigenvalue weighted by Gasteiger charge is -2.18. The quantitative estimate of drug-likeness (QED) is 0.0199. The van der Waals surface area contributed by atoms with Crippen molar-refractivity contribution in [3.63, 3.8) is 0 Å². The summed E-state index contributed by atoms with van der Waals surface area (Å²) in [4.78, 5) is 38.2. The van der Waals surface area contributed by atoms with Crippen molar-refractivity contribution in [3.05, 3.63) is 97.2 Å². The number of carbonyl (C=O) groups is 3. The summed E-state index contributed by atoms with van der Waals surface area (Å²) >= 11 is 0. The van der Waals surface area contributed by atoms with E-state index in [1.165, 1.54) is 122 Å². The fraction of sp³-hybridized carbons (Fsp3) is 0.703. The number of esters is 3. The summed E-state index contributed by atoms with van der Waals surface area (Å²) < 4.78 is 16.9. The highest BCUT2D eigenvalue weighted by molar-refractivity contribution is 5.71. The summed E-state index contributed by atoms with van der Waals surface area (Å²) in [7, 11) is 0. The van der Waals surface area contributed by atoms with E-state index in [4.69, 9.17) is 14.2 Å². The zero-order valence-electron chi connectivity index (χ0n) is 45.8. The van der Waals surface area contributed by atoms with Gasteiger partial charge in [0.05, 0.1) is 0 Å². The highest BCUT2D eigenvalue weighted by Crippen LogP contribution is 2.15. The monoisotopic (exact) mass is 973 g/mol. The van der Waals surface area contributed by atoms with Crippen molar-refractivity contribution in [1.82, 2.24) is 0 Å². The van der Waals surface area contributed by atoms with Crippen LogP contribution in [0.25, 0.3) is 0 Å². The lowest BCUT2D eigenvalue weighted by atomic mass is 10.1. The van der Waals surface area contributed by atoms with Crippen LogP contribution < -0.4 is 0 Å². The van der Waals surface area contributed by atoms with Crippen LogP contribution in [0, 0.1) is 0 Å². The van der Waals surface area contributed by atoms with Gasteiger partial charge in [-0.05, 0) is 109 Å². The van der Waals surface area contributed by atoms with Crippen molar-refractivity contribution in [2.24, 2.45) is 0 Å². The average Bonchev–Trinajstić information content (AvgIpc) is 3.36. The topological polar surface area (TPSA) is 78.9 Å². The molecule has 6 heteroatoms. The zero-order chi connectivity index (χ0) is 50.7. The highest BCUT2D eigenvalue weighted by Gasteiger charge is 2.19. The van der Waals surface area contributed by atoms with E-state index in [0.29, 0.717) is 19.3 Å². The normalized spacial score (nSPS) is 12.8. The van der Waals surface area contributed by atoms with Crippen molar-refractivity contribution < 1.29 is 28.6 Å². The summed E-state index contributed by atoms with van der Waals surface area (Å²) in [5.41, 5.74) is 0. The average molecular weight is 974 g/mol. The molecule has 0 heterocycles. The van der Waals surface area contributed by atoms with Crippen LogP contribution in [-0.2, 0) is 28.6 Å². The van der Waals surface area contributed by atoms with E-state index in [1.54, 1.807) is 0 Å². The Morgan fingerprint density at radius 3 is 0.957 bits per heavy atom. The molecule has 0 saturated heterocycles. The molecule has 0 aromatic carbocycles. The molecule has 0 bridgehead atoms. The van der Waals surface area contributed by atoms with Gasteiger partial charge in [-0.15, -0.1) is 0 Å². The molecule has 0 rings (SSSR count). The molecule has 1 unspecified atom stereocenters. The highest BCUT2D eigenvalue weighted by atomic mass is 16.6. The van der Waals surface area contributed by atoms with Crippen molar-refractivity contribution in [2.75, 3.05) is 13.2 Å². The second-order valence-electron chi connectivity index (χ2n) is 19.2. The van der Waals surface area contributed by atoms with E-state index in [-0.39, 0.29) is 31.1 Å². The Morgan fingerprint density at radius 1 is 0.314 bits per heavy atom. The number of hydrogen-bond acceptors (Lipinski definition) is 6. The fourth-order valence-electron chi connectivity index (χ4n) is 7.99. The van der Waals surface area contributed by atoms with Crippen molar-refractivity contribution in [3.8, 4) is 0 Å². The molecule has 0 aliphatic rings. The largest absolute Gasteiger partial charge is 0.462 e. The molecule has 0 amide bonds. The molecule has 400 valence electrons. The lowest BCUT2D eigenvalue weighted by molar-refractivity contribution is -0.167. The third-order valence-electron chi connectivity index (χ3n) is 12.3. The molecule has 6 nitrogen and oxygen atoms in total. The summed E-state index contributed by atoms with van der Waals surface area (Å²) in [6.45, 7) is 6.38. The zero-order valence-corrected chi connectivity index (χ0v) is 45.8. The molecule has 0 saturated carbocycles. The minimum Gasteiger partial charge on any atom is -0.462 e. The van der Waals surface area contributed by atoms with Gasteiger partial charge < -0.3 is 14.2 Å². The van der Waals surface area contributed by atoms with E-state index in [9.17, 15) is 14.4 Å². The van der Waals surface area contributed by atoms with Crippen molar-refractivity contribution >= 4 is 17.9 Å². The van der Waals surface area contributed by atoms with Crippen LogP contribution in [0.5, 0.6) is 0 Å². The van der Waals surface area contributed by atoms with E-state index in [2.05, 4.69) is 118 Å². The molecule has 1 atom stereocenters. The van der Waals surface area contributed by atoms with Gasteiger partial charge in [0.1, 0.15) is 13.2 Å². The Labute approximate surface area is 432 Å². The first-order chi connectivity index (χ1) is 34.5. The van der Waals surface area contributed by atoms with Crippen molar-refractivity contribution in [2.45, 2.75) is 277 Å². The number of rotatable bonds is 52. The summed E-state index contributed by atoms with van der Waals surface area (Å²) in [6, 6.07) is 0. The van der Waals surface area contributed by atoms with Crippen LogP contribution in [0.1, 0.15) is 271 Å². The molecule has 0 N–H and O–H groups in total. The van der Waals surface area contributed by atoms with Crippen LogP contribution in [0.15, 0.2) is 97.2 Å².